The van der Waals surface area contributed by atoms with Crippen molar-refractivity contribution >= 4 is 24.5 Å². The molecule has 1 aliphatic carbocycles. The monoisotopic (exact) mass is 319 g/mol. The van der Waals surface area contributed by atoms with Gasteiger partial charge in [0.05, 0.1) is 0 Å². The maximum absolute atomic E-state index is 12.3. The predicted octanol–water partition coefficient (Wildman–Crippen LogP) is 0.361. The van der Waals surface area contributed by atoms with Crippen LogP contribution in [0.25, 0.3) is 0 Å². The lowest BCUT2D eigenvalue weighted by Crippen LogP contribution is -2.51. The second-order valence-corrected chi connectivity index (χ2v) is 6.39. The van der Waals surface area contributed by atoms with E-state index in [0.717, 1.165) is 25.7 Å². The van der Waals surface area contributed by atoms with Crippen molar-refractivity contribution in [3.63, 3.8) is 0 Å². The van der Waals surface area contributed by atoms with Gasteiger partial charge in [0.1, 0.15) is 11.6 Å². The fraction of sp³-hybridized carbons (Fsp3) is 0.500. The van der Waals surface area contributed by atoms with Crippen LogP contribution in [0.1, 0.15) is 49.9 Å². The van der Waals surface area contributed by atoms with E-state index in [0.29, 0.717) is 0 Å². The van der Waals surface area contributed by atoms with Gasteiger partial charge >= 0.3 is 13.1 Å². The van der Waals surface area contributed by atoms with Crippen molar-refractivity contribution in [3.8, 4) is 0 Å². The van der Waals surface area contributed by atoms with Gasteiger partial charge in [0, 0.05) is 5.56 Å². The molecule has 0 unspecified atom stereocenters. The van der Waals surface area contributed by atoms with Gasteiger partial charge in [-0.05, 0) is 57.1 Å². The summed E-state index contributed by atoms with van der Waals surface area (Å²) >= 11 is 0. The van der Waals surface area contributed by atoms with Crippen molar-refractivity contribution < 1.29 is 24.4 Å². The van der Waals surface area contributed by atoms with Crippen LogP contribution < -0.4 is 10.8 Å². The highest BCUT2D eigenvalue weighted by molar-refractivity contribution is 6.58. The molecule has 124 valence electrons. The standard InChI is InChI=1S/C16H22BNO5/c1-16(2,15(20)23-13-8-3-4-9-13)18-14(19)11-6-5-7-12(10-11)17(21)22/h5-7,10,13,21-22H,3-4,8-9H2,1-2H3,(H,18,19). The highest BCUT2D eigenvalue weighted by atomic mass is 16.5. The molecule has 0 spiro atoms. The van der Waals surface area contributed by atoms with Crippen molar-refractivity contribution in [1.82, 2.24) is 5.32 Å². The van der Waals surface area contributed by atoms with Crippen molar-refractivity contribution in [2.24, 2.45) is 0 Å². The largest absolute Gasteiger partial charge is 0.488 e. The van der Waals surface area contributed by atoms with Crippen LogP contribution in [0.15, 0.2) is 24.3 Å². The lowest BCUT2D eigenvalue weighted by Gasteiger charge is -2.26. The number of ether oxygens (including phenoxy) is 1. The second-order valence-electron chi connectivity index (χ2n) is 6.39. The van der Waals surface area contributed by atoms with Crippen molar-refractivity contribution in [3.05, 3.63) is 29.8 Å². The Morgan fingerprint density at radius 3 is 2.52 bits per heavy atom. The van der Waals surface area contributed by atoms with Gasteiger partial charge in [0.2, 0.25) is 0 Å². The average molecular weight is 319 g/mol. The molecule has 1 fully saturated rings. The van der Waals surface area contributed by atoms with Gasteiger partial charge in [-0.2, -0.15) is 0 Å². The summed E-state index contributed by atoms with van der Waals surface area (Å²) in [7, 11) is -1.65. The van der Waals surface area contributed by atoms with Crippen LogP contribution in [0.3, 0.4) is 0 Å². The van der Waals surface area contributed by atoms with E-state index in [1.165, 1.54) is 12.1 Å². The van der Waals surface area contributed by atoms with Gasteiger partial charge in [-0.1, -0.05) is 12.1 Å². The molecule has 0 heterocycles. The number of carbonyl (C=O) groups is 2. The van der Waals surface area contributed by atoms with Crippen LogP contribution in [0, 0.1) is 0 Å². The zero-order valence-corrected chi connectivity index (χ0v) is 13.4. The summed E-state index contributed by atoms with van der Waals surface area (Å²) in [6, 6.07) is 5.96. The molecule has 2 rings (SSSR count). The summed E-state index contributed by atoms with van der Waals surface area (Å²) in [4.78, 5) is 24.5. The minimum absolute atomic E-state index is 0.0634. The number of carbonyl (C=O) groups excluding carboxylic acids is 2. The summed E-state index contributed by atoms with van der Waals surface area (Å²) in [5.74, 6) is -0.933. The number of amides is 1. The average Bonchev–Trinajstić information content (AvgIpc) is 2.99. The normalized spacial score (nSPS) is 15.3. The topological polar surface area (TPSA) is 95.9 Å². The number of esters is 1. The minimum Gasteiger partial charge on any atom is -0.461 e. The first kappa shape index (κ1) is 17.5. The van der Waals surface area contributed by atoms with Crippen LogP contribution in [0.4, 0.5) is 0 Å². The minimum atomic E-state index is -1.65. The molecule has 23 heavy (non-hydrogen) atoms. The smallest absolute Gasteiger partial charge is 0.461 e. The van der Waals surface area contributed by atoms with E-state index in [2.05, 4.69) is 5.32 Å². The summed E-state index contributed by atoms with van der Waals surface area (Å²) in [6.07, 6.45) is 3.78. The zero-order valence-electron chi connectivity index (χ0n) is 13.4. The molecule has 7 heteroatoms. The first-order valence-electron chi connectivity index (χ1n) is 7.79. The van der Waals surface area contributed by atoms with E-state index in [1.54, 1.807) is 26.0 Å². The van der Waals surface area contributed by atoms with Gasteiger partial charge in [0.25, 0.3) is 5.91 Å². The number of rotatable bonds is 5. The van der Waals surface area contributed by atoms with Crippen LogP contribution >= 0.6 is 0 Å². The van der Waals surface area contributed by atoms with E-state index < -0.39 is 24.5 Å². The molecule has 0 radical (unpaired) electrons. The van der Waals surface area contributed by atoms with E-state index in [-0.39, 0.29) is 17.1 Å². The molecule has 0 atom stereocenters. The Hall–Kier alpha value is -1.86. The lowest BCUT2D eigenvalue weighted by atomic mass is 9.79. The number of benzene rings is 1. The van der Waals surface area contributed by atoms with Gasteiger partial charge in [0.15, 0.2) is 0 Å². The third-order valence-corrected chi connectivity index (χ3v) is 3.96. The number of nitrogens with one attached hydrogen (secondary N) is 1. The molecular weight excluding hydrogens is 297 g/mol. The third-order valence-electron chi connectivity index (χ3n) is 3.96. The van der Waals surface area contributed by atoms with Gasteiger partial charge in [-0.25, -0.2) is 4.79 Å². The zero-order chi connectivity index (χ0) is 17.0. The highest BCUT2D eigenvalue weighted by Gasteiger charge is 2.34. The molecule has 1 aromatic carbocycles. The molecule has 0 aliphatic heterocycles. The van der Waals surface area contributed by atoms with Crippen molar-refractivity contribution in [1.29, 1.82) is 0 Å². The van der Waals surface area contributed by atoms with Gasteiger partial charge < -0.3 is 20.1 Å². The fourth-order valence-electron chi connectivity index (χ4n) is 2.55. The van der Waals surface area contributed by atoms with Crippen LogP contribution in [0.2, 0.25) is 0 Å². The Kier molecular flexibility index (Phi) is 5.44. The maximum atomic E-state index is 12.3. The Morgan fingerprint density at radius 1 is 1.26 bits per heavy atom. The van der Waals surface area contributed by atoms with Crippen molar-refractivity contribution in [2.75, 3.05) is 0 Å². The Balaban J connectivity index is 2.02. The molecule has 1 aliphatic rings. The summed E-state index contributed by atoms with van der Waals surface area (Å²) in [5.41, 5.74) is -0.700. The summed E-state index contributed by atoms with van der Waals surface area (Å²) in [6.45, 7) is 3.18. The van der Waals surface area contributed by atoms with Crippen LogP contribution in [-0.2, 0) is 9.53 Å². The predicted molar refractivity (Wildman–Crippen MR) is 86.2 cm³/mol. The van der Waals surface area contributed by atoms with E-state index >= 15 is 0 Å². The molecular formula is C16H22BNO5. The Bertz CT molecular complexity index is 582. The highest BCUT2D eigenvalue weighted by Crippen LogP contribution is 2.22. The molecule has 3 N–H and O–H groups in total. The first-order chi connectivity index (χ1) is 10.8. The van der Waals surface area contributed by atoms with Gasteiger partial charge in [-0.15, -0.1) is 0 Å². The first-order valence-corrected chi connectivity index (χ1v) is 7.79. The molecule has 6 nitrogen and oxygen atoms in total. The Morgan fingerprint density at radius 2 is 1.91 bits per heavy atom. The number of hydrogen-bond donors (Lipinski definition) is 3. The Labute approximate surface area is 136 Å². The SMILES string of the molecule is CC(C)(NC(=O)c1cccc(B(O)O)c1)C(=O)OC1CCCC1. The molecule has 0 aromatic heterocycles. The fourth-order valence-corrected chi connectivity index (χ4v) is 2.55. The quantitative estimate of drug-likeness (QED) is 0.538. The van der Waals surface area contributed by atoms with Crippen LogP contribution in [-0.4, -0.2) is 40.7 Å². The third kappa shape index (κ3) is 4.56. The molecule has 1 aromatic rings. The molecule has 1 saturated carbocycles. The van der Waals surface area contributed by atoms with Gasteiger partial charge in [-0.3, -0.25) is 4.79 Å². The molecule has 0 bridgehead atoms. The van der Waals surface area contributed by atoms with Crippen LogP contribution in [0.5, 0.6) is 0 Å². The lowest BCUT2D eigenvalue weighted by molar-refractivity contribution is -0.155. The van der Waals surface area contributed by atoms with E-state index in [4.69, 9.17) is 14.8 Å². The van der Waals surface area contributed by atoms with E-state index in [9.17, 15) is 9.59 Å². The number of hydrogen-bond acceptors (Lipinski definition) is 5. The molecule has 1 amide bonds. The molecule has 0 saturated heterocycles. The maximum Gasteiger partial charge on any atom is 0.488 e. The van der Waals surface area contributed by atoms with Crippen molar-refractivity contribution in [2.45, 2.75) is 51.2 Å². The summed E-state index contributed by atoms with van der Waals surface area (Å²) < 4.78 is 5.44. The second kappa shape index (κ2) is 7.15. The summed E-state index contributed by atoms with van der Waals surface area (Å²) in [5, 5.41) is 21.0. The van der Waals surface area contributed by atoms with E-state index in [1.807, 2.05) is 0 Å².